The van der Waals surface area contributed by atoms with Gasteiger partial charge < -0.3 is 19.5 Å². The van der Waals surface area contributed by atoms with Gasteiger partial charge in [-0.2, -0.15) is 0 Å². The number of amides is 1. The second-order valence-corrected chi connectivity index (χ2v) is 8.01. The average molecular weight is 511 g/mol. The van der Waals surface area contributed by atoms with E-state index in [1.54, 1.807) is 6.21 Å². The zero-order valence-electron chi connectivity index (χ0n) is 18.9. The molecule has 3 rings (SSSR count). The van der Waals surface area contributed by atoms with E-state index in [9.17, 15) is 4.79 Å². The maximum atomic E-state index is 12.3. The fraction of sp³-hybridized carbons (Fsp3) is 0.231. The molecule has 6 nitrogen and oxygen atoms in total. The Kier molecular flexibility index (Phi) is 8.89. The summed E-state index contributed by atoms with van der Waals surface area (Å²) >= 11 is 3.53. The molecule has 0 radical (unpaired) electrons. The van der Waals surface area contributed by atoms with Crippen molar-refractivity contribution < 1.29 is 19.0 Å². The van der Waals surface area contributed by atoms with Crippen molar-refractivity contribution in [3.05, 3.63) is 76.3 Å². The molecule has 3 aromatic rings. The van der Waals surface area contributed by atoms with Crippen LogP contribution in [-0.4, -0.2) is 31.9 Å². The predicted octanol–water partition coefficient (Wildman–Crippen LogP) is 6.32. The molecule has 172 valence electrons. The number of aryl methyl sites for hydroxylation is 1. The van der Waals surface area contributed by atoms with E-state index in [0.29, 0.717) is 29.2 Å². The van der Waals surface area contributed by atoms with E-state index in [-0.39, 0.29) is 12.5 Å². The van der Waals surface area contributed by atoms with E-state index in [0.717, 1.165) is 28.3 Å². The molecule has 0 atom stereocenters. The van der Waals surface area contributed by atoms with Crippen molar-refractivity contribution in [2.24, 2.45) is 4.99 Å². The molecular weight excluding hydrogens is 484 g/mol. The molecule has 1 N–H and O–H groups in total. The summed E-state index contributed by atoms with van der Waals surface area (Å²) in [6.45, 7) is 6.74. The highest BCUT2D eigenvalue weighted by Crippen LogP contribution is 2.36. The molecule has 0 fully saturated rings. The van der Waals surface area contributed by atoms with Gasteiger partial charge in [0.2, 0.25) is 0 Å². The van der Waals surface area contributed by atoms with Crippen molar-refractivity contribution in [2.75, 3.05) is 25.1 Å². The van der Waals surface area contributed by atoms with Crippen LogP contribution in [0.25, 0.3) is 0 Å². The van der Waals surface area contributed by atoms with Crippen molar-refractivity contribution in [1.29, 1.82) is 0 Å². The van der Waals surface area contributed by atoms with Gasteiger partial charge in [0.1, 0.15) is 5.75 Å². The summed E-state index contributed by atoms with van der Waals surface area (Å²) in [5.74, 6) is 1.56. The number of carbonyl (C=O) groups excluding carboxylic acids is 1. The molecular formula is C26H27BrN2O4. The smallest absolute Gasteiger partial charge is 0.262 e. The fourth-order valence-electron chi connectivity index (χ4n) is 3.07. The molecule has 1 amide bonds. The van der Waals surface area contributed by atoms with Crippen LogP contribution >= 0.6 is 15.9 Å². The number of rotatable bonds is 10. The zero-order chi connectivity index (χ0) is 23.6. The first-order valence-electron chi connectivity index (χ1n) is 10.7. The van der Waals surface area contributed by atoms with Crippen molar-refractivity contribution in [2.45, 2.75) is 20.8 Å². The first kappa shape index (κ1) is 24.3. The average Bonchev–Trinajstić information content (AvgIpc) is 2.78. The van der Waals surface area contributed by atoms with E-state index >= 15 is 0 Å². The number of hydrogen-bond donors (Lipinski definition) is 1. The number of nitrogens with zero attached hydrogens (tertiary/aromatic N) is 1. The minimum Gasteiger partial charge on any atom is -0.494 e. The highest BCUT2D eigenvalue weighted by Gasteiger charge is 2.14. The Morgan fingerprint density at radius 3 is 2.45 bits per heavy atom. The number of ether oxygens (including phenoxy) is 3. The van der Waals surface area contributed by atoms with E-state index in [1.165, 1.54) is 0 Å². The molecule has 0 aliphatic heterocycles. The van der Waals surface area contributed by atoms with Crippen molar-refractivity contribution >= 4 is 39.4 Å². The zero-order valence-corrected chi connectivity index (χ0v) is 20.5. The predicted molar refractivity (Wildman–Crippen MR) is 135 cm³/mol. The Labute approximate surface area is 202 Å². The highest BCUT2D eigenvalue weighted by atomic mass is 79.9. The first-order chi connectivity index (χ1) is 16.0. The molecule has 0 heterocycles. The summed E-state index contributed by atoms with van der Waals surface area (Å²) in [7, 11) is 0. The summed E-state index contributed by atoms with van der Waals surface area (Å²) in [4.78, 5) is 16.9. The van der Waals surface area contributed by atoms with Crippen LogP contribution in [0.3, 0.4) is 0 Å². The fourth-order valence-corrected chi connectivity index (χ4v) is 3.64. The van der Waals surface area contributed by atoms with Crippen molar-refractivity contribution in [1.82, 2.24) is 0 Å². The number of carbonyl (C=O) groups is 1. The van der Waals surface area contributed by atoms with Gasteiger partial charge in [0.25, 0.3) is 5.91 Å². The first-order valence-corrected chi connectivity index (χ1v) is 11.5. The lowest BCUT2D eigenvalue weighted by molar-refractivity contribution is -0.118. The molecule has 0 saturated heterocycles. The third-order valence-corrected chi connectivity index (χ3v) is 5.08. The van der Waals surface area contributed by atoms with Crippen LogP contribution in [0.2, 0.25) is 0 Å². The van der Waals surface area contributed by atoms with E-state index in [1.807, 2.05) is 81.4 Å². The number of anilines is 1. The van der Waals surface area contributed by atoms with Crippen LogP contribution in [0.15, 0.2) is 70.1 Å². The van der Waals surface area contributed by atoms with Crippen molar-refractivity contribution in [3.63, 3.8) is 0 Å². The Balaban J connectivity index is 1.70. The number of benzene rings is 3. The number of halogens is 1. The summed E-state index contributed by atoms with van der Waals surface area (Å²) in [6.07, 6.45) is 1.75. The largest absolute Gasteiger partial charge is 0.494 e. The van der Waals surface area contributed by atoms with Crippen LogP contribution in [-0.2, 0) is 4.79 Å². The maximum Gasteiger partial charge on any atom is 0.262 e. The minimum absolute atomic E-state index is 0.147. The molecule has 0 spiro atoms. The number of hydrogen-bond acceptors (Lipinski definition) is 5. The second-order valence-electron chi connectivity index (χ2n) is 7.15. The van der Waals surface area contributed by atoms with E-state index < -0.39 is 0 Å². The molecule has 0 aliphatic carbocycles. The monoisotopic (exact) mass is 510 g/mol. The molecule has 3 aromatic carbocycles. The van der Waals surface area contributed by atoms with Crippen molar-refractivity contribution in [3.8, 4) is 17.2 Å². The van der Waals surface area contributed by atoms with E-state index in [4.69, 9.17) is 14.2 Å². The summed E-state index contributed by atoms with van der Waals surface area (Å²) < 4.78 is 17.7. The van der Waals surface area contributed by atoms with Gasteiger partial charge in [-0.15, -0.1) is 0 Å². The SMILES string of the molecule is CCOc1ccc(N=Cc2cc(Br)c(OCC(=O)Nc3cccc(C)c3)c(OCC)c2)cc1. The summed E-state index contributed by atoms with van der Waals surface area (Å²) in [6, 6.07) is 18.9. The molecule has 0 saturated carbocycles. The molecule has 0 bridgehead atoms. The Morgan fingerprint density at radius 1 is 1.00 bits per heavy atom. The Hall–Kier alpha value is -3.32. The van der Waals surface area contributed by atoms with Gasteiger partial charge in [-0.05, 0) is 96.4 Å². The van der Waals surface area contributed by atoms with Crippen LogP contribution in [0, 0.1) is 6.92 Å². The second kappa shape index (κ2) is 12.1. The lowest BCUT2D eigenvalue weighted by atomic mass is 10.2. The third-order valence-electron chi connectivity index (χ3n) is 4.49. The van der Waals surface area contributed by atoms with Crippen LogP contribution < -0.4 is 19.5 Å². The normalized spacial score (nSPS) is 10.8. The standard InChI is InChI=1S/C26H27BrN2O4/c1-4-31-22-11-9-20(10-12-22)28-16-19-14-23(27)26(24(15-19)32-5-2)33-17-25(30)29-21-8-6-7-18(3)13-21/h6-16H,4-5,17H2,1-3H3,(H,29,30). The topological polar surface area (TPSA) is 69.2 Å². The molecule has 7 heteroatoms. The van der Waals surface area contributed by atoms with Crippen LogP contribution in [0.1, 0.15) is 25.0 Å². The molecule has 0 aromatic heterocycles. The van der Waals surface area contributed by atoms with Gasteiger partial charge in [0.05, 0.1) is 23.4 Å². The molecule has 0 aliphatic rings. The highest BCUT2D eigenvalue weighted by molar-refractivity contribution is 9.10. The van der Waals surface area contributed by atoms with Crippen LogP contribution in [0.5, 0.6) is 17.2 Å². The number of aliphatic imine (C=N–C) groups is 1. The third kappa shape index (κ3) is 7.36. The van der Waals surface area contributed by atoms with Gasteiger partial charge in [0.15, 0.2) is 18.1 Å². The minimum atomic E-state index is -0.254. The van der Waals surface area contributed by atoms with Gasteiger partial charge in [-0.3, -0.25) is 9.79 Å². The van der Waals surface area contributed by atoms with Gasteiger partial charge >= 0.3 is 0 Å². The Morgan fingerprint density at radius 2 is 1.76 bits per heavy atom. The van der Waals surface area contributed by atoms with Gasteiger partial charge in [-0.1, -0.05) is 12.1 Å². The molecule has 33 heavy (non-hydrogen) atoms. The van der Waals surface area contributed by atoms with Gasteiger partial charge in [0, 0.05) is 11.9 Å². The lowest BCUT2D eigenvalue weighted by Gasteiger charge is -2.14. The van der Waals surface area contributed by atoms with E-state index in [2.05, 4.69) is 26.2 Å². The lowest BCUT2D eigenvalue weighted by Crippen LogP contribution is -2.20. The quantitative estimate of drug-likeness (QED) is 0.324. The van der Waals surface area contributed by atoms with Crippen LogP contribution in [0.4, 0.5) is 11.4 Å². The number of nitrogens with one attached hydrogen (secondary N) is 1. The summed E-state index contributed by atoms with van der Waals surface area (Å²) in [5.41, 5.74) is 3.43. The Bertz CT molecular complexity index is 1110. The maximum absolute atomic E-state index is 12.3. The van der Waals surface area contributed by atoms with Gasteiger partial charge in [-0.25, -0.2) is 0 Å². The molecule has 0 unspecified atom stereocenters. The summed E-state index contributed by atoms with van der Waals surface area (Å²) in [5, 5.41) is 2.84.